The number of carbonyl (C=O) groups is 2. The summed E-state index contributed by atoms with van der Waals surface area (Å²) in [5, 5.41) is 27.7. The zero-order chi connectivity index (χ0) is 24.4. The fourth-order valence-electron chi connectivity index (χ4n) is 5.34. The summed E-state index contributed by atoms with van der Waals surface area (Å²) in [6.07, 6.45) is 2.05. The van der Waals surface area contributed by atoms with Crippen molar-refractivity contribution in [3.63, 3.8) is 0 Å². The van der Waals surface area contributed by atoms with Gasteiger partial charge in [0, 0.05) is 24.8 Å². The molecule has 178 valence electrons. The standard InChI is InChI=1S/C25H26N8O2/c1-32-21-11-5-4-10-20(21)25(24-28-30-31-29-24,19-9-3-2-8-18(19)23(32)35)12-13-27-16-22(34)33-14-6-7-17(33)15-26/h2-5,8-11,17,27H,6-7,12-14,16H2,1H3,(H,28,29,30,31)/t17-,25?/m0/s1. The number of anilines is 1. The summed E-state index contributed by atoms with van der Waals surface area (Å²) in [6.45, 7) is 1.19. The Morgan fingerprint density at radius 1 is 1.23 bits per heavy atom. The van der Waals surface area contributed by atoms with E-state index in [0.29, 0.717) is 30.9 Å². The van der Waals surface area contributed by atoms with Gasteiger partial charge >= 0.3 is 0 Å². The van der Waals surface area contributed by atoms with Crippen molar-refractivity contribution in [2.45, 2.75) is 30.7 Å². The van der Waals surface area contributed by atoms with Gasteiger partial charge in [0.2, 0.25) is 5.91 Å². The number of aromatic nitrogens is 4. The smallest absolute Gasteiger partial charge is 0.258 e. The first-order chi connectivity index (χ1) is 17.1. The van der Waals surface area contributed by atoms with Gasteiger partial charge in [-0.15, -0.1) is 10.2 Å². The fraction of sp³-hybridized carbons (Fsp3) is 0.360. The molecule has 2 aromatic carbocycles. The van der Waals surface area contributed by atoms with Crippen LogP contribution in [-0.4, -0.2) is 70.1 Å². The first-order valence-electron chi connectivity index (χ1n) is 11.7. The van der Waals surface area contributed by atoms with Crippen LogP contribution in [0, 0.1) is 11.3 Å². The number of amides is 2. The number of fused-ring (bicyclic) bond motifs is 2. The van der Waals surface area contributed by atoms with Gasteiger partial charge in [-0.3, -0.25) is 9.59 Å². The van der Waals surface area contributed by atoms with Crippen LogP contribution in [0.15, 0.2) is 48.5 Å². The van der Waals surface area contributed by atoms with Gasteiger partial charge in [0.25, 0.3) is 5.91 Å². The number of nitrogens with zero attached hydrogens (tertiary/aromatic N) is 6. The average molecular weight is 471 g/mol. The summed E-state index contributed by atoms with van der Waals surface area (Å²) < 4.78 is 0. The molecule has 1 fully saturated rings. The molecule has 5 rings (SSSR count). The number of H-pyrrole nitrogens is 1. The van der Waals surface area contributed by atoms with E-state index in [4.69, 9.17) is 0 Å². The molecule has 0 spiro atoms. The number of nitriles is 1. The third kappa shape index (κ3) is 3.74. The van der Waals surface area contributed by atoms with Gasteiger partial charge < -0.3 is 15.1 Å². The Morgan fingerprint density at radius 3 is 2.77 bits per heavy atom. The minimum Gasteiger partial charge on any atom is -0.326 e. The number of para-hydroxylation sites is 1. The number of aromatic amines is 1. The van der Waals surface area contributed by atoms with Crippen LogP contribution in [0.4, 0.5) is 5.69 Å². The number of hydrogen-bond donors (Lipinski definition) is 2. The highest BCUT2D eigenvalue weighted by Crippen LogP contribution is 2.47. The summed E-state index contributed by atoms with van der Waals surface area (Å²) >= 11 is 0. The molecule has 0 saturated carbocycles. The molecule has 0 bridgehead atoms. The summed E-state index contributed by atoms with van der Waals surface area (Å²) in [6, 6.07) is 17.1. The van der Waals surface area contributed by atoms with Crippen molar-refractivity contribution in [3.05, 3.63) is 71.0 Å². The maximum absolute atomic E-state index is 13.5. The second-order valence-electron chi connectivity index (χ2n) is 8.87. The number of hydrogen-bond acceptors (Lipinski definition) is 7. The SMILES string of the molecule is CN1C(=O)c2ccccc2C(CCNCC(=O)N2CCC[C@H]2C#N)(c2nn[nH]n2)c2ccccc21. The Hall–Kier alpha value is -4.10. The van der Waals surface area contributed by atoms with Crippen LogP contribution in [-0.2, 0) is 10.2 Å². The van der Waals surface area contributed by atoms with Gasteiger partial charge in [0.15, 0.2) is 5.82 Å². The molecule has 2 atom stereocenters. The molecule has 0 radical (unpaired) electrons. The number of carbonyl (C=O) groups excluding carboxylic acids is 2. The highest BCUT2D eigenvalue weighted by Gasteiger charge is 2.46. The Morgan fingerprint density at radius 2 is 2.00 bits per heavy atom. The van der Waals surface area contributed by atoms with Gasteiger partial charge in [0.05, 0.1) is 18.0 Å². The molecular weight excluding hydrogens is 444 g/mol. The van der Waals surface area contributed by atoms with Crippen LogP contribution >= 0.6 is 0 Å². The Bertz CT molecular complexity index is 1280. The second kappa shape index (κ2) is 9.27. The van der Waals surface area contributed by atoms with E-state index in [1.807, 2.05) is 48.5 Å². The lowest BCUT2D eigenvalue weighted by Crippen LogP contribution is -2.42. The van der Waals surface area contributed by atoms with Crippen molar-refractivity contribution in [2.24, 2.45) is 0 Å². The summed E-state index contributed by atoms with van der Waals surface area (Å²) in [5.74, 6) is 0.259. The molecule has 10 heteroatoms. The molecule has 2 aliphatic heterocycles. The molecule has 1 aromatic heterocycles. The molecular formula is C25H26N8O2. The minimum absolute atomic E-state index is 0.0840. The topological polar surface area (TPSA) is 131 Å². The van der Waals surface area contributed by atoms with E-state index in [0.717, 1.165) is 29.7 Å². The largest absolute Gasteiger partial charge is 0.326 e. The first kappa shape index (κ1) is 22.7. The summed E-state index contributed by atoms with van der Waals surface area (Å²) in [7, 11) is 1.77. The van der Waals surface area contributed by atoms with Crippen molar-refractivity contribution < 1.29 is 9.59 Å². The molecule has 0 aliphatic carbocycles. The van der Waals surface area contributed by atoms with Crippen molar-refractivity contribution in [2.75, 3.05) is 31.6 Å². The van der Waals surface area contributed by atoms with Gasteiger partial charge in [-0.05, 0) is 49.1 Å². The lowest BCUT2D eigenvalue weighted by molar-refractivity contribution is -0.130. The van der Waals surface area contributed by atoms with E-state index in [-0.39, 0.29) is 24.4 Å². The van der Waals surface area contributed by atoms with Gasteiger partial charge in [-0.1, -0.05) is 41.6 Å². The number of likely N-dealkylation sites (tertiary alicyclic amines) is 1. The number of rotatable bonds is 6. The molecule has 2 N–H and O–H groups in total. The van der Waals surface area contributed by atoms with Crippen LogP contribution in [0.1, 0.15) is 46.6 Å². The molecule has 3 aromatic rings. The molecule has 35 heavy (non-hydrogen) atoms. The van der Waals surface area contributed by atoms with Crippen LogP contribution < -0.4 is 10.2 Å². The maximum atomic E-state index is 13.5. The van der Waals surface area contributed by atoms with Crippen LogP contribution in [0.25, 0.3) is 0 Å². The highest BCUT2D eigenvalue weighted by molar-refractivity contribution is 6.09. The summed E-state index contributed by atoms with van der Waals surface area (Å²) in [5.41, 5.74) is 2.14. The van der Waals surface area contributed by atoms with E-state index in [1.54, 1.807) is 16.8 Å². The zero-order valence-corrected chi connectivity index (χ0v) is 19.4. The lowest BCUT2D eigenvalue weighted by Gasteiger charge is -2.33. The Balaban J connectivity index is 1.52. The van der Waals surface area contributed by atoms with Gasteiger partial charge in [-0.2, -0.15) is 10.5 Å². The zero-order valence-electron chi connectivity index (χ0n) is 19.4. The predicted molar refractivity (Wildman–Crippen MR) is 128 cm³/mol. The quantitative estimate of drug-likeness (QED) is 0.524. The van der Waals surface area contributed by atoms with Crippen LogP contribution in [0.3, 0.4) is 0 Å². The third-order valence-electron chi connectivity index (χ3n) is 7.05. The van der Waals surface area contributed by atoms with Gasteiger partial charge in [-0.25, -0.2) is 0 Å². The second-order valence-corrected chi connectivity index (χ2v) is 8.87. The molecule has 1 saturated heterocycles. The predicted octanol–water partition coefficient (Wildman–Crippen LogP) is 1.62. The molecule has 3 heterocycles. The molecule has 2 amide bonds. The minimum atomic E-state index is -0.876. The summed E-state index contributed by atoms with van der Waals surface area (Å²) in [4.78, 5) is 29.5. The van der Waals surface area contributed by atoms with E-state index in [1.165, 1.54) is 0 Å². The molecule has 2 aliphatic rings. The van der Waals surface area contributed by atoms with Crippen molar-refractivity contribution in [1.29, 1.82) is 5.26 Å². The van der Waals surface area contributed by atoms with E-state index < -0.39 is 5.41 Å². The number of benzene rings is 2. The van der Waals surface area contributed by atoms with Crippen molar-refractivity contribution in [1.82, 2.24) is 30.8 Å². The van der Waals surface area contributed by atoms with E-state index in [2.05, 4.69) is 32.0 Å². The van der Waals surface area contributed by atoms with Crippen LogP contribution in [0.2, 0.25) is 0 Å². The number of tetrazole rings is 1. The van der Waals surface area contributed by atoms with Crippen LogP contribution in [0.5, 0.6) is 0 Å². The normalized spacial score (nSPS) is 21.3. The Labute approximate surface area is 202 Å². The van der Waals surface area contributed by atoms with E-state index in [9.17, 15) is 14.9 Å². The first-order valence-corrected chi connectivity index (χ1v) is 11.7. The lowest BCUT2D eigenvalue weighted by atomic mass is 9.69. The Kier molecular flexibility index (Phi) is 6.01. The third-order valence-corrected chi connectivity index (χ3v) is 7.05. The fourth-order valence-corrected chi connectivity index (χ4v) is 5.34. The molecule has 1 unspecified atom stereocenters. The van der Waals surface area contributed by atoms with Crippen molar-refractivity contribution >= 4 is 17.5 Å². The van der Waals surface area contributed by atoms with Crippen molar-refractivity contribution in [3.8, 4) is 6.07 Å². The number of nitrogens with one attached hydrogen (secondary N) is 2. The van der Waals surface area contributed by atoms with E-state index >= 15 is 0 Å². The van der Waals surface area contributed by atoms with Gasteiger partial charge in [0.1, 0.15) is 6.04 Å². The maximum Gasteiger partial charge on any atom is 0.258 e. The monoisotopic (exact) mass is 470 g/mol. The average Bonchev–Trinajstić information content (AvgIpc) is 3.60. The molecule has 10 nitrogen and oxygen atoms in total. The highest BCUT2D eigenvalue weighted by atomic mass is 16.2.